The molecular weight excluding hydrogens is 300 g/mol. The van der Waals surface area contributed by atoms with Crippen LogP contribution in [0.3, 0.4) is 0 Å². The molecule has 3 unspecified atom stereocenters. The summed E-state index contributed by atoms with van der Waals surface area (Å²) in [5, 5.41) is 0.732. The zero-order chi connectivity index (χ0) is 15.7. The van der Waals surface area contributed by atoms with Crippen molar-refractivity contribution >= 4 is 23.4 Å². The second kappa shape index (κ2) is 6.29. The van der Waals surface area contributed by atoms with Gasteiger partial charge in [0.15, 0.2) is 0 Å². The fourth-order valence-electron chi connectivity index (χ4n) is 3.54. The Hall–Kier alpha value is -1.55. The van der Waals surface area contributed by atoms with Gasteiger partial charge in [0.1, 0.15) is 0 Å². The van der Waals surface area contributed by atoms with E-state index in [4.69, 9.17) is 17.3 Å². The van der Waals surface area contributed by atoms with Crippen LogP contribution in [0.5, 0.6) is 0 Å². The summed E-state index contributed by atoms with van der Waals surface area (Å²) in [4.78, 5) is 25.9. The lowest BCUT2D eigenvalue weighted by molar-refractivity contribution is -0.137. The monoisotopic (exact) mass is 320 g/mol. The molecule has 1 heterocycles. The van der Waals surface area contributed by atoms with Crippen molar-refractivity contribution < 1.29 is 9.59 Å². The van der Waals surface area contributed by atoms with E-state index in [2.05, 4.69) is 0 Å². The van der Waals surface area contributed by atoms with Gasteiger partial charge < -0.3 is 10.6 Å². The Morgan fingerprint density at radius 1 is 1.27 bits per heavy atom. The maximum Gasteiger partial charge on any atom is 0.226 e. The smallest absolute Gasteiger partial charge is 0.226 e. The molecule has 2 fully saturated rings. The Morgan fingerprint density at radius 3 is 2.77 bits per heavy atom. The largest absolute Gasteiger partial charge is 0.370 e. The third kappa shape index (κ3) is 3.12. The zero-order valence-electron chi connectivity index (χ0n) is 12.5. The van der Waals surface area contributed by atoms with Gasteiger partial charge >= 0.3 is 0 Å². The Balaban J connectivity index is 1.69. The van der Waals surface area contributed by atoms with Crippen LogP contribution in [0.15, 0.2) is 24.3 Å². The fraction of sp³-hybridized carbons (Fsp3) is 0.529. The minimum absolute atomic E-state index is 0.00776. The predicted octanol–water partition coefficient (Wildman–Crippen LogP) is 2.70. The number of nitrogens with zero attached hydrogens (tertiary/aromatic N) is 1. The molecule has 0 radical (unpaired) electrons. The molecule has 22 heavy (non-hydrogen) atoms. The predicted molar refractivity (Wildman–Crippen MR) is 85.5 cm³/mol. The van der Waals surface area contributed by atoms with Crippen molar-refractivity contribution in [3.8, 4) is 0 Å². The number of carbonyl (C=O) groups excluding carboxylic acids is 2. The van der Waals surface area contributed by atoms with E-state index in [0.29, 0.717) is 0 Å². The molecule has 0 bridgehead atoms. The van der Waals surface area contributed by atoms with Gasteiger partial charge in [-0.2, -0.15) is 0 Å². The molecule has 4 nitrogen and oxygen atoms in total. The third-order valence-corrected chi connectivity index (χ3v) is 5.10. The Kier molecular flexibility index (Phi) is 4.39. The molecule has 1 aromatic rings. The van der Waals surface area contributed by atoms with E-state index in [1.165, 1.54) is 0 Å². The lowest BCUT2D eigenvalue weighted by Gasteiger charge is -2.35. The molecule has 0 aromatic heterocycles. The lowest BCUT2D eigenvalue weighted by Crippen LogP contribution is -2.46. The second-order valence-corrected chi connectivity index (χ2v) is 6.73. The third-order valence-electron chi connectivity index (χ3n) is 4.76. The molecule has 2 aliphatic rings. The maximum absolute atomic E-state index is 12.8. The quantitative estimate of drug-likeness (QED) is 0.927. The molecule has 1 aromatic carbocycles. The molecule has 1 aliphatic heterocycles. The van der Waals surface area contributed by atoms with Crippen molar-refractivity contribution in [1.29, 1.82) is 0 Å². The highest BCUT2D eigenvalue weighted by molar-refractivity contribution is 6.31. The van der Waals surface area contributed by atoms with Gasteiger partial charge in [-0.05, 0) is 43.2 Å². The number of halogens is 1. The van der Waals surface area contributed by atoms with E-state index >= 15 is 0 Å². The second-order valence-electron chi connectivity index (χ2n) is 6.32. The molecule has 1 aliphatic carbocycles. The molecular formula is C17H21ClN2O2. The minimum atomic E-state index is -0.330. The van der Waals surface area contributed by atoms with E-state index in [1.807, 2.05) is 29.2 Å². The fourth-order valence-corrected chi connectivity index (χ4v) is 3.81. The summed E-state index contributed by atoms with van der Waals surface area (Å²) in [7, 11) is 0. The first kappa shape index (κ1) is 15.3. The van der Waals surface area contributed by atoms with Crippen molar-refractivity contribution in [3.05, 3.63) is 34.9 Å². The topological polar surface area (TPSA) is 63.4 Å². The summed E-state index contributed by atoms with van der Waals surface area (Å²) in [5.74, 6) is 0.0600. The van der Waals surface area contributed by atoms with Crippen molar-refractivity contribution in [3.63, 3.8) is 0 Å². The number of benzene rings is 1. The lowest BCUT2D eigenvalue weighted by atomic mass is 9.98. The SMILES string of the molecule is NC(=O)CC1CCCCN1C(=O)C1CC1c1ccccc1Cl. The summed E-state index contributed by atoms with van der Waals surface area (Å²) in [5.41, 5.74) is 6.38. The standard InChI is InChI=1S/C17H21ClN2O2/c18-15-7-2-1-6-12(15)13-10-14(13)17(22)20-8-4-3-5-11(20)9-16(19)21/h1-2,6-7,11,13-14H,3-5,8-10H2,(H2,19,21). The highest BCUT2D eigenvalue weighted by Gasteiger charge is 2.47. The van der Waals surface area contributed by atoms with E-state index in [-0.39, 0.29) is 36.1 Å². The number of piperidine rings is 1. The summed E-state index contributed by atoms with van der Waals surface area (Å²) >= 11 is 6.23. The van der Waals surface area contributed by atoms with Crippen LogP contribution >= 0.6 is 11.6 Å². The first-order valence-electron chi connectivity index (χ1n) is 7.91. The number of rotatable bonds is 4. The summed E-state index contributed by atoms with van der Waals surface area (Å²) in [6.07, 6.45) is 4.06. The average molecular weight is 321 g/mol. The zero-order valence-corrected chi connectivity index (χ0v) is 13.3. The molecule has 1 saturated heterocycles. The molecule has 2 amide bonds. The molecule has 0 spiro atoms. The highest BCUT2D eigenvalue weighted by Crippen LogP contribution is 2.50. The van der Waals surface area contributed by atoms with Gasteiger partial charge in [0.2, 0.25) is 11.8 Å². The van der Waals surface area contributed by atoms with Crippen LogP contribution in [-0.4, -0.2) is 29.3 Å². The Bertz CT molecular complexity index is 590. The molecule has 3 rings (SSSR count). The van der Waals surface area contributed by atoms with E-state index in [9.17, 15) is 9.59 Å². The number of likely N-dealkylation sites (tertiary alicyclic amines) is 1. The van der Waals surface area contributed by atoms with Gasteiger partial charge in [-0.3, -0.25) is 9.59 Å². The highest BCUT2D eigenvalue weighted by atomic mass is 35.5. The van der Waals surface area contributed by atoms with Gasteiger partial charge in [-0.1, -0.05) is 29.8 Å². The van der Waals surface area contributed by atoms with Crippen molar-refractivity contribution in [2.24, 2.45) is 11.7 Å². The first-order chi connectivity index (χ1) is 10.6. The Labute approximate surface area is 135 Å². The van der Waals surface area contributed by atoms with Crippen LogP contribution in [0.2, 0.25) is 5.02 Å². The molecule has 1 saturated carbocycles. The van der Waals surface area contributed by atoms with Gasteiger partial charge in [0, 0.05) is 29.9 Å². The molecule has 2 N–H and O–H groups in total. The van der Waals surface area contributed by atoms with Crippen molar-refractivity contribution in [2.45, 2.75) is 44.1 Å². The summed E-state index contributed by atoms with van der Waals surface area (Å²) in [6, 6.07) is 7.70. The van der Waals surface area contributed by atoms with Crippen LogP contribution in [0, 0.1) is 5.92 Å². The Morgan fingerprint density at radius 2 is 2.05 bits per heavy atom. The van der Waals surface area contributed by atoms with Crippen LogP contribution in [0.4, 0.5) is 0 Å². The van der Waals surface area contributed by atoms with Gasteiger partial charge in [-0.25, -0.2) is 0 Å². The minimum Gasteiger partial charge on any atom is -0.370 e. The molecule has 3 atom stereocenters. The average Bonchev–Trinajstić information content (AvgIpc) is 3.27. The van der Waals surface area contributed by atoms with Crippen LogP contribution < -0.4 is 5.73 Å². The van der Waals surface area contributed by atoms with Crippen LogP contribution in [0.1, 0.15) is 43.6 Å². The number of hydrogen-bond donors (Lipinski definition) is 1. The number of primary amides is 1. The summed E-state index contributed by atoms with van der Waals surface area (Å²) in [6.45, 7) is 0.739. The van der Waals surface area contributed by atoms with Crippen LogP contribution in [0.25, 0.3) is 0 Å². The van der Waals surface area contributed by atoms with Gasteiger partial charge in [0.05, 0.1) is 0 Å². The number of carbonyl (C=O) groups is 2. The van der Waals surface area contributed by atoms with Crippen molar-refractivity contribution in [1.82, 2.24) is 4.90 Å². The molecule has 118 valence electrons. The normalized spacial score (nSPS) is 27.5. The maximum atomic E-state index is 12.8. The number of hydrogen-bond acceptors (Lipinski definition) is 2. The van der Waals surface area contributed by atoms with Gasteiger partial charge in [0.25, 0.3) is 0 Å². The summed E-state index contributed by atoms with van der Waals surface area (Å²) < 4.78 is 0. The van der Waals surface area contributed by atoms with Gasteiger partial charge in [-0.15, -0.1) is 0 Å². The van der Waals surface area contributed by atoms with Crippen molar-refractivity contribution in [2.75, 3.05) is 6.54 Å². The number of amides is 2. The van der Waals surface area contributed by atoms with E-state index in [0.717, 1.165) is 42.8 Å². The van der Waals surface area contributed by atoms with Crippen LogP contribution in [-0.2, 0) is 9.59 Å². The van der Waals surface area contributed by atoms with E-state index in [1.54, 1.807) is 0 Å². The first-order valence-corrected chi connectivity index (χ1v) is 8.29. The molecule has 5 heteroatoms. The number of nitrogens with two attached hydrogens (primary N) is 1. The van der Waals surface area contributed by atoms with E-state index < -0.39 is 0 Å².